The second-order valence-electron chi connectivity index (χ2n) is 6.85. The molecule has 0 radical (unpaired) electrons. The molecule has 0 atom stereocenters. The van der Waals surface area contributed by atoms with E-state index in [0.29, 0.717) is 4.88 Å². The van der Waals surface area contributed by atoms with E-state index in [0.717, 1.165) is 32.8 Å². The summed E-state index contributed by atoms with van der Waals surface area (Å²) < 4.78 is 1.88. The zero-order valence-corrected chi connectivity index (χ0v) is 17.3. The molecular formula is C22H21N5OS. The number of hydrogen-bond donors (Lipinski definition) is 1. The number of aromatic nitrogens is 2. The Morgan fingerprint density at radius 1 is 1.14 bits per heavy atom. The number of anilines is 1. The highest BCUT2D eigenvalue weighted by molar-refractivity contribution is 7.20. The van der Waals surface area contributed by atoms with Gasteiger partial charge >= 0.3 is 0 Å². The quantitative estimate of drug-likeness (QED) is 0.401. The zero-order chi connectivity index (χ0) is 20.4. The highest BCUT2D eigenvalue weighted by atomic mass is 32.1. The SMILES string of the molecule is Cc1nn(-c2ccccc2)c2sc(C(=O)N/N=C/c3ccc(N(C)C)cc3)cc12. The van der Waals surface area contributed by atoms with Crippen molar-refractivity contribution in [2.24, 2.45) is 5.10 Å². The number of fused-ring (bicyclic) bond motifs is 1. The van der Waals surface area contributed by atoms with E-state index in [4.69, 9.17) is 0 Å². The highest BCUT2D eigenvalue weighted by Crippen LogP contribution is 2.30. The fraction of sp³-hybridized carbons (Fsp3) is 0.136. The Bertz CT molecular complexity index is 1170. The number of rotatable bonds is 5. The smallest absolute Gasteiger partial charge is 0.281 e. The van der Waals surface area contributed by atoms with Gasteiger partial charge in [0, 0.05) is 25.2 Å². The maximum atomic E-state index is 12.6. The number of nitrogens with one attached hydrogen (secondary N) is 1. The van der Waals surface area contributed by atoms with Crippen LogP contribution in [0.5, 0.6) is 0 Å². The van der Waals surface area contributed by atoms with Crippen LogP contribution in [0.15, 0.2) is 65.8 Å². The van der Waals surface area contributed by atoms with Gasteiger partial charge in [-0.15, -0.1) is 11.3 Å². The van der Waals surface area contributed by atoms with Gasteiger partial charge in [0.05, 0.1) is 22.5 Å². The van der Waals surface area contributed by atoms with Gasteiger partial charge in [-0.25, -0.2) is 10.1 Å². The lowest BCUT2D eigenvalue weighted by atomic mass is 10.2. The lowest BCUT2D eigenvalue weighted by Gasteiger charge is -2.11. The van der Waals surface area contributed by atoms with Crippen molar-refractivity contribution in [3.05, 3.63) is 76.8 Å². The van der Waals surface area contributed by atoms with Gasteiger partial charge in [0.2, 0.25) is 0 Å². The average Bonchev–Trinajstić information content (AvgIpc) is 3.30. The number of carbonyl (C=O) groups is 1. The molecule has 0 aliphatic carbocycles. The van der Waals surface area contributed by atoms with E-state index in [2.05, 4.69) is 15.6 Å². The number of benzene rings is 2. The predicted octanol–water partition coefficient (Wildman–Crippen LogP) is 4.23. The summed E-state index contributed by atoms with van der Waals surface area (Å²) in [7, 11) is 3.99. The number of thiophene rings is 1. The Hall–Kier alpha value is -3.45. The first-order valence-electron chi connectivity index (χ1n) is 9.18. The standard InChI is InChI=1S/C22H21N5OS/c1-15-19-13-20(29-22(19)27(25-15)18-7-5-4-6-8-18)21(28)24-23-14-16-9-11-17(12-10-16)26(2)3/h4-14H,1-3H3,(H,24,28)/b23-14+. The third kappa shape index (κ3) is 3.90. The first kappa shape index (κ1) is 18.9. The van der Waals surface area contributed by atoms with E-state index in [1.807, 2.05) is 91.3 Å². The molecule has 4 rings (SSSR count). The molecule has 146 valence electrons. The molecule has 1 amide bonds. The molecular weight excluding hydrogens is 382 g/mol. The van der Waals surface area contributed by atoms with Crippen LogP contribution in [0.2, 0.25) is 0 Å². The molecule has 7 heteroatoms. The molecule has 0 spiro atoms. The van der Waals surface area contributed by atoms with Crippen LogP contribution in [-0.2, 0) is 0 Å². The van der Waals surface area contributed by atoms with E-state index in [9.17, 15) is 4.79 Å². The van der Waals surface area contributed by atoms with Gasteiger partial charge in [-0.2, -0.15) is 10.2 Å². The highest BCUT2D eigenvalue weighted by Gasteiger charge is 2.16. The molecule has 0 fully saturated rings. The summed E-state index contributed by atoms with van der Waals surface area (Å²) in [5.74, 6) is -0.230. The van der Waals surface area contributed by atoms with Crippen molar-refractivity contribution in [2.45, 2.75) is 6.92 Å². The van der Waals surface area contributed by atoms with Gasteiger partial charge in [0.25, 0.3) is 5.91 Å². The molecule has 0 aliphatic heterocycles. The minimum absolute atomic E-state index is 0.230. The number of hydrazone groups is 1. The Kier molecular flexibility index (Phi) is 5.14. The lowest BCUT2D eigenvalue weighted by Crippen LogP contribution is -2.16. The number of carbonyl (C=O) groups excluding carboxylic acids is 1. The Labute approximate surface area is 173 Å². The number of amides is 1. The van der Waals surface area contributed by atoms with Crippen LogP contribution in [0.3, 0.4) is 0 Å². The molecule has 0 aliphatic rings. The molecule has 1 N–H and O–H groups in total. The first-order chi connectivity index (χ1) is 14.0. The summed E-state index contributed by atoms with van der Waals surface area (Å²) in [6.07, 6.45) is 1.64. The van der Waals surface area contributed by atoms with Crippen LogP contribution >= 0.6 is 11.3 Å². The van der Waals surface area contributed by atoms with Crippen molar-refractivity contribution in [1.29, 1.82) is 0 Å². The van der Waals surface area contributed by atoms with Crippen molar-refractivity contribution in [2.75, 3.05) is 19.0 Å². The molecule has 4 aromatic rings. The maximum absolute atomic E-state index is 12.6. The van der Waals surface area contributed by atoms with E-state index in [1.54, 1.807) is 6.21 Å². The van der Waals surface area contributed by atoms with Gasteiger partial charge in [0.15, 0.2) is 0 Å². The number of para-hydroxylation sites is 1. The lowest BCUT2D eigenvalue weighted by molar-refractivity contribution is 0.0959. The molecule has 0 saturated heterocycles. The summed E-state index contributed by atoms with van der Waals surface area (Å²) in [5.41, 5.74) is 6.51. The van der Waals surface area contributed by atoms with E-state index < -0.39 is 0 Å². The van der Waals surface area contributed by atoms with Gasteiger partial charge in [-0.1, -0.05) is 30.3 Å². The number of nitrogens with zero attached hydrogens (tertiary/aromatic N) is 4. The molecule has 0 unspecified atom stereocenters. The average molecular weight is 404 g/mol. The fourth-order valence-corrected chi connectivity index (χ4v) is 4.06. The maximum Gasteiger partial charge on any atom is 0.281 e. The van der Waals surface area contributed by atoms with Crippen molar-refractivity contribution in [3.63, 3.8) is 0 Å². The molecule has 0 saturated carbocycles. The second-order valence-corrected chi connectivity index (χ2v) is 7.88. The van der Waals surface area contributed by atoms with Gasteiger partial charge in [0.1, 0.15) is 4.83 Å². The Balaban J connectivity index is 1.52. The summed E-state index contributed by atoms with van der Waals surface area (Å²) >= 11 is 1.41. The Morgan fingerprint density at radius 3 is 2.55 bits per heavy atom. The third-order valence-electron chi connectivity index (χ3n) is 4.56. The van der Waals surface area contributed by atoms with Crippen LogP contribution in [0.4, 0.5) is 5.69 Å². The van der Waals surface area contributed by atoms with Crippen LogP contribution in [-0.4, -0.2) is 36.0 Å². The number of aryl methyl sites for hydroxylation is 1. The predicted molar refractivity (Wildman–Crippen MR) is 120 cm³/mol. The minimum atomic E-state index is -0.230. The van der Waals surface area contributed by atoms with Crippen molar-refractivity contribution >= 4 is 39.4 Å². The normalized spacial score (nSPS) is 11.3. The summed E-state index contributed by atoms with van der Waals surface area (Å²) in [4.78, 5) is 16.1. The van der Waals surface area contributed by atoms with Crippen molar-refractivity contribution in [3.8, 4) is 5.69 Å². The van der Waals surface area contributed by atoms with Crippen LogP contribution in [0, 0.1) is 6.92 Å². The van der Waals surface area contributed by atoms with Gasteiger partial charge in [-0.05, 0) is 42.8 Å². The zero-order valence-electron chi connectivity index (χ0n) is 16.5. The molecule has 2 aromatic heterocycles. The first-order valence-corrected chi connectivity index (χ1v) is 10.00. The molecule has 2 aromatic carbocycles. The van der Waals surface area contributed by atoms with Crippen LogP contribution in [0.1, 0.15) is 20.9 Å². The molecule has 0 bridgehead atoms. The van der Waals surface area contributed by atoms with Crippen LogP contribution < -0.4 is 10.3 Å². The minimum Gasteiger partial charge on any atom is -0.378 e. The van der Waals surface area contributed by atoms with Crippen LogP contribution in [0.25, 0.3) is 15.9 Å². The molecule has 6 nitrogen and oxygen atoms in total. The molecule has 29 heavy (non-hydrogen) atoms. The topological polar surface area (TPSA) is 62.5 Å². The summed E-state index contributed by atoms with van der Waals surface area (Å²) in [5, 5.41) is 9.68. The van der Waals surface area contributed by atoms with Gasteiger partial charge < -0.3 is 4.90 Å². The summed E-state index contributed by atoms with van der Waals surface area (Å²) in [6, 6.07) is 19.7. The van der Waals surface area contributed by atoms with Crippen molar-refractivity contribution in [1.82, 2.24) is 15.2 Å². The second kappa shape index (κ2) is 7.89. The van der Waals surface area contributed by atoms with Gasteiger partial charge in [-0.3, -0.25) is 4.79 Å². The fourth-order valence-electron chi connectivity index (χ4n) is 2.98. The molecule has 2 heterocycles. The number of hydrogen-bond acceptors (Lipinski definition) is 5. The summed E-state index contributed by atoms with van der Waals surface area (Å²) in [6.45, 7) is 1.95. The van der Waals surface area contributed by atoms with E-state index in [1.165, 1.54) is 11.3 Å². The third-order valence-corrected chi connectivity index (χ3v) is 5.67. The van der Waals surface area contributed by atoms with Crippen molar-refractivity contribution < 1.29 is 4.79 Å². The van der Waals surface area contributed by atoms with E-state index >= 15 is 0 Å². The Morgan fingerprint density at radius 2 is 1.86 bits per heavy atom. The largest absolute Gasteiger partial charge is 0.378 e. The monoisotopic (exact) mass is 403 g/mol. The van der Waals surface area contributed by atoms with E-state index in [-0.39, 0.29) is 5.91 Å².